The van der Waals surface area contributed by atoms with Crippen LogP contribution in [0.25, 0.3) is 11.3 Å². The lowest BCUT2D eigenvalue weighted by molar-refractivity contribution is 0.0861. The van der Waals surface area contributed by atoms with Gasteiger partial charge in [0.05, 0.1) is 13.2 Å². The molecule has 0 saturated carbocycles. The Morgan fingerprint density at radius 2 is 2.27 bits per heavy atom. The smallest absolute Gasteiger partial charge is 0.265 e. The first kappa shape index (κ1) is 14.9. The Hall–Kier alpha value is -1.99. The number of carbonyl (C=O) groups excluding carboxylic acids is 1. The molecule has 0 spiro atoms. The zero-order valence-corrected chi connectivity index (χ0v) is 13.1. The monoisotopic (exact) mass is 319 g/mol. The van der Waals surface area contributed by atoms with E-state index < -0.39 is 0 Å². The SMILES string of the molecule is COc1ccc(-c2nnsc2C(=O)NC[C@H]2CCCO2)cc1. The van der Waals surface area contributed by atoms with E-state index in [1.54, 1.807) is 7.11 Å². The third-order valence-corrected chi connectivity index (χ3v) is 4.30. The van der Waals surface area contributed by atoms with E-state index in [1.165, 1.54) is 0 Å². The van der Waals surface area contributed by atoms with Gasteiger partial charge < -0.3 is 14.8 Å². The fraction of sp³-hybridized carbons (Fsp3) is 0.400. The van der Waals surface area contributed by atoms with Crippen molar-refractivity contribution in [2.45, 2.75) is 18.9 Å². The van der Waals surface area contributed by atoms with Crippen molar-refractivity contribution < 1.29 is 14.3 Å². The van der Waals surface area contributed by atoms with Crippen LogP contribution in [0.4, 0.5) is 0 Å². The van der Waals surface area contributed by atoms with E-state index in [9.17, 15) is 4.79 Å². The van der Waals surface area contributed by atoms with Crippen LogP contribution in [0.15, 0.2) is 24.3 Å². The first-order valence-corrected chi connectivity index (χ1v) is 7.92. The molecule has 1 saturated heterocycles. The van der Waals surface area contributed by atoms with Gasteiger partial charge in [0.2, 0.25) is 0 Å². The maximum atomic E-state index is 12.3. The van der Waals surface area contributed by atoms with Gasteiger partial charge in [0.15, 0.2) is 0 Å². The Morgan fingerprint density at radius 3 is 2.95 bits per heavy atom. The molecule has 0 bridgehead atoms. The van der Waals surface area contributed by atoms with Crippen molar-refractivity contribution in [2.75, 3.05) is 20.3 Å². The van der Waals surface area contributed by atoms with Crippen molar-refractivity contribution >= 4 is 17.4 Å². The van der Waals surface area contributed by atoms with Crippen molar-refractivity contribution in [1.82, 2.24) is 14.9 Å². The standard InChI is InChI=1S/C15H17N3O3S/c1-20-11-6-4-10(5-7-11)13-14(22-18-17-13)15(19)16-9-12-3-2-8-21-12/h4-7,12H,2-3,8-9H2,1H3,(H,16,19)/t12-/m1/s1. The minimum Gasteiger partial charge on any atom is -0.497 e. The molecule has 2 heterocycles. The molecular weight excluding hydrogens is 302 g/mol. The number of hydrogen-bond acceptors (Lipinski definition) is 6. The van der Waals surface area contributed by atoms with Gasteiger partial charge in [-0.25, -0.2) is 0 Å². The van der Waals surface area contributed by atoms with Crippen molar-refractivity contribution in [3.8, 4) is 17.0 Å². The highest BCUT2D eigenvalue weighted by atomic mass is 32.1. The van der Waals surface area contributed by atoms with Gasteiger partial charge in [-0.05, 0) is 48.6 Å². The molecule has 1 aliphatic heterocycles. The second-order valence-electron chi connectivity index (χ2n) is 5.02. The summed E-state index contributed by atoms with van der Waals surface area (Å²) in [4.78, 5) is 12.8. The zero-order chi connectivity index (χ0) is 15.4. The lowest BCUT2D eigenvalue weighted by Gasteiger charge is -2.10. The highest BCUT2D eigenvalue weighted by Gasteiger charge is 2.20. The number of ether oxygens (including phenoxy) is 2. The van der Waals surface area contributed by atoms with Crippen molar-refractivity contribution in [1.29, 1.82) is 0 Å². The van der Waals surface area contributed by atoms with E-state index in [4.69, 9.17) is 9.47 Å². The second kappa shape index (κ2) is 6.85. The van der Waals surface area contributed by atoms with Crippen LogP contribution in [0.1, 0.15) is 22.5 Å². The van der Waals surface area contributed by atoms with E-state index in [1.807, 2.05) is 24.3 Å². The minimum atomic E-state index is -0.156. The lowest BCUT2D eigenvalue weighted by Crippen LogP contribution is -2.31. The minimum absolute atomic E-state index is 0.120. The van der Waals surface area contributed by atoms with Gasteiger partial charge in [0.1, 0.15) is 16.3 Å². The number of amides is 1. The van der Waals surface area contributed by atoms with Crippen molar-refractivity contribution in [3.63, 3.8) is 0 Å². The van der Waals surface area contributed by atoms with Crippen LogP contribution >= 0.6 is 11.5 Å². The van der Waals surface area contributed by atoms with Gasteiger partial charge in [0, 0.05) is 18.7 Å². The fourth-order valence-corrected chi connectivity index (χ4v) is 2.97. The molecule has 3 rings (SSSR count). The number of benzene rings is 1. The van der Waals surface area contributed by atoms with Crippen molar-refractivity contribution in [2.24, 2.45) is 0 Å². The topological polar surface area (TPSA) is 73.3 Å². The van der Waals surface area contributed by atoms with Crippen LogP contribution in [0.3, 0.4) is 0 Å². The normalized spacial score (nSPS) is 17.4. The Labute approximate surface area is 132 Å². The van der Waals surface area contributed by atoms with E-state index >= 15 is 0 Å². The number of hydrogen-bond donors (Lipinski definition) is 1. The summed E-state index contributed by atoms with van der Waals surface area (Å²) < 4.78 is 14.5. The molecule has 1 N–H and O–H groups in total. The zero-order valence-electron chi connectivity index (χ0n) is 12.2. The quantitative estimate of drug-likeness (QED) is 0.914. The molecule has 6 nitrogen and oxygen atoms in total. The largest absolute Gasteiger partial charge is 0.497 e. The fourth-order valence-electron chi connectivity index (χ4n) is 2.37. The number of nitrogens with zero attached hydrogens (tertiary/aromatic N) is 2. The van der Waals surface area contributed by atoms with Crippen LogP contribution < -0.4 is 10.1 Å². The van der Waals surface area contributed by atoms with Crippen LogP contribution in [-0.4, -0.2) is 41.9 Å². The molecule has 1 fully saturated rings. The molecule has 7 heteroatoms. The third-order valence-electron chi connectivity index (χ3n) is 3.57. The summed E-state index contributed by atoms with van der Waals surface area (Å²) in [6, 6.07) is 7.41. The third kappa shape index (κ3) is 3.26. The predicted octanol–water partition coefficient (Wildman–Crippen LogP) is 2.12. The van der Waals surface area contributed by atoms with Crippen LogP contribution in [-0.2, 0) is 4.74 Å². The highest BCUT2D eigenvalue weighted by Crippen LogP contribution is 2.25. The molecule has 1 aromatic heterocycles. The summed E-state index contributed by atoms with van der Waals surface area (Å²) in [7, 11) is 1.61. The lowest BCUT2D eigenvalue weighted by atomic mass is 10.1. The van der Waals surface area contributed by atoms with Crippen LogP contribution in [0, 0.1) is 0 Å². The molecule has 0 aliphatic carbocycles. The number of carbonyl (C=O) groups is 1. The molecule has 0 radical (unpaired) electrons. The molecular formula is C15H17N3O3S. The highest BCUT2D eigenvalue weighted by molar-refractivity contribution is 7.08. The molecule has 1 amide bonds. The average Bonchev–Trinajstić information content (AvgIpc) is 3.24. The summed E-state index contributed by atoms with van der Waals surface area (Å²) >= 11 is 1.10. The van der Waals surface area contributed by atoms with E-state index in [-0.39, 0.29) is 12.0 Å². The van der Waals surface area contributed by atoms with E-state index in [2.05, 4.69) is 14.9 Å². The van der Waals surface area contributed by atoms with Gasteiger partial charge in [-0.3, -0.25) is 4.79 Å². The van der Waals surface area contributed by atoms with Crippen LogP contribution in [0.5, 0.6) is 5.75 Å². The second-order valence-corrected chi connectivity index (χ2v) is 5.78. The first-order chi connectivity index (χ1) is 10.8. The van der Waals surface area contributed by atoms with Gasteiger partial charge in [0.25, 0.3) is 5.91 Å². The molecule has 0 unspecified atom stereocenters. The maximum absolute atomic E-state index is 12.3. The Bertz CT molecular complexity index is 636. The molecule has 2 aromatic rings. The molecule has 116 valence electrons. The summed E-state index contributed by atoms with van der Waals surface area (Å²) in [5, 5.41) is 6.98. The number of aromatic nitrogens is 2. The summed E-state index contributed by atoms with van der Waals surface area (Å²) in [6.45, 7) is 1.30. The molecule has 22 heavy (non-hydrogen) atoms. The van der Waals surface area contributed by atoms with Gasteiger partial charge in [-0.15, -0.1) is 5.10 Å². The van der Waals surface area contributed by atoms with Gasteiger partial charge >= 0.3 is 0 Å². The molecule has 1 atom stereocenters. The maximum Gasteiger partial charge on any atom is 0.265 e. The van der Waals surface area contributed by atoms with Crippen molar-refractivity contribution in [3.05, 3.63) is 29.1 Å². The average molecular weight is 319 g/mol. The Morgan fingerprint density at radius 1 is 1.45 bits per heavy atom. The predicted molar refractivity (Wildman–Crippen MR) is 83.2 cm³/mol. The van der Waals surface area contributed by atoms with Gasteiger partial charge in [-0.2, -0.15) is 0 Å². The Kier molecular flexibility index (Phi) is 4.65. The summed E-state index contributed by atoms with van der Waals surface area (Å²) in [5.41, 5.74) is 1.44. The Balaban J connectivity index is 1.71. The van der Waals surface area contributed by atoms with E-state index in [0.29, 0.717) is 17.1 Å². The molecule has 1 aliphatic rings. The number of rotatable bonds is 5. The van der Waals surface area contributed by atoms with Gasteiger partial charge in [-0.1, -0.05) is 4.49 Å². The summed E-state index contributed by atoms with van der Waals surface area (Å²) in [6.07, 6.45) is 2.17. The first-order valence-electron chi connectivity index (χ1n) is 7.14. The number of methoxy groups -OCH3 is 1. The summed E-state index contributed by atoms with van der Waals surface area (Å²) in [5.74, 6) is 0.604. The number of nitrogens with one attached hydrogen (secondary N) is 1. The molecule has 1 aromatic carbocycles. The van der Waals surface area contributed by atoms with E-state index in [0.717, 1.165) is 42.3 Å². The van der Waals surface area contributed by atoms with Crippen LogP contribution in [0.2, 0.25) is 0 Å².